The van der Waals surface area contributed by atoms with E-state index >= 15 is 0 Å². The van der Waals surface area contributed by atoms with Crippen LogP contribution in [0.4, 0.5) is 4.79 Å². The van der Waals surface area contributed by atoms with Crippen molar-refractivity contribution in [2.45, 2.75) is 37.8 Å². The molecule has 0 aromatic carbocycles. The number of urea groups is 1. The summed E-state index contributed by atoms with van der Waals surface area (Å²) in [5, 5.41) is 4.85. The van der Waals surface area contributed by atoms with Crippen molar-refractivity contribution >= 4 is 17.8 Å². The molecule has 2 rings (SSSR count). The first-order valence-corrected chi connectivity index (χ1v) is 6.16. The zero-order valence-electron chi connectivity index (χ0n) is 10.4. The molecule has 18 heavy (non-hydrogen) atoms. The Morgan fingerprint density at radius 3 is 2.83 bits per heavy atom. The highest BCUT2D eigenvalue weighted by molar-refractivity contribution is 6.07. The third-order valence-corrected chi connectivity index (χ3v) is 3.58. The number of likely N-dealkylation sites (tertiary alicyclic amines) is 1. The molecule has 0 aliphatic carbocycles. The molecule has 2 fully saturated rings. The van der Waals surface area contributed by atoms with E-state index in [-0.39, 0.29) is 18.4 Å². The Kier molecular flexibility index (Phi) is 3.25. The van der Waals surface area contributed by atoms with Crippen molar-refractivity contribution in [3.63, 3.8) is 0 Å². The van der Waals surface area contributed by atoms with Gasteiger partial charge in [0.15, 0.2) is 0 Å². The molecule has 2 atom stereocenters. The molecule has 4 N–H and O–H groups in total. The molecule has 0 aromatic rings. The zero-order valence-corrected chi connectivity index (χ0v) is 10.4. The van der Waals surface area contributed by atoms with Crippen LogP contribution in [0.15, 0.2) is 0 Å². The minimum atomic E-state index is -0.960. The van der Waals surface area contributed by atoms with Crippen LogP contribution in [0.1, 0.15) is 26.2 Å². The van der Waals surface area contributed by atoms with Crippen molar-refractivity contribution < 1.29 is 14.4 Å². The summed E-state index contributed by atoms with van der Waals surface area (Å²) >= 11 is 0. The predicted molar refractivity (Wildman–Crippen MR) is 63.5 cm³/mol. The van der Waals surface area contributed by atoms with Gasteiger partial charge in [-0.05, 0) is 19.3 Å². The summed E-state index contributed by atoms with van der Waals surface area (Å²) in [7, 11) is 0. The van der Waals surface area contributed by atoms with Gasteiger partial charge in [0.05, 0.1) is 12.6 Å². The minimum Gasteiger partial charge on any atom is -0.338 e. The van der Waals surface area contributed by atoms with E-state index in [0.717, 1.165) is 0 Å². The maximum Gasteiger partial charge on any atom is 0.322 e. The summed E-state index contributed by atoms with van der Waals surface area (Å²) in [6.07, 6.45) is 1.78. The normalized spacial score (nSPS) is 29.1. The SMILES string of the molecule is CCC(N)C(=O)N1CCCC2(C1)NC(=O)NC2=O. The Morgan fingerprint density at radius 2 is 2.28 bits per heavy atom. The van der Waals surface area contributed by atoms with Gasteiger partial charge < -0.3 is 16.0 Å². The van der Waals surface area contributed by atoms with Crippen molar-refractivity contribution in [1.82, 2.24) is 15.5 Å². The molecule has 4 amide bonds. The van der Waals surface area contributed by atoms with Crippen molar-refractivity contribution in [3.05, 3.63) is 0 Å². The van der Waals surface area contributed by atoms with Crippen LogP contribution in [0.5, 0.6) is 0 Å². The fourth-order valence-corrected chi connectivity index (χ4v) is 2.47. The number of carbonyl (C=O) groups is 3. The molecule has 2 aliphatic rings. The number of amides is 4. The topological polar surface area (TPSA) is 105 Å². The number of rotatable bonds is 2. The van der Waals surface area contributed by atoms with E-state index in [1.807, 2.05) is 6.92 Å². The molecule has 0 saturated carbocycles. The summed E-state index contributed by atoms with van der Waals surface area (Å²) < 4.78 is 0. The van der Waals surface area contributed by atoms with Gasteiger partial charge in [-0.2, -0.15) is 0 Å². The van der Waals surface area contributed by atoms with E-state index in [2.05, 4.69) is 10.6 Å². The van der Waals surface area contributed by atoms with Crippen LogP contribution in [-0.4, -0.2) is 47.4 Å². The third-order valence-electron chi connectivity index (χ3n) is 3.58. The molecule has 0 radical (unpaired) electrons. The summed E-state index contributed by atoms with van der Waals surface area (Å²) in [6, 6.07) is -1.03. The fraction of sp³-hybridized carbons (Fsp3) is 0.727. The Balaban J connectivity index is 2.12. The first kappa shape index (κ1) is 12.8. The number of carbonyl (C=O) groups excluding carboxylic acids is 3. The molecule has 0 bridgehead atoms. The van der Waals surface area contributed by atoms with Crippen molar-refractivity contribution in [1.29, 1.82) is 0 Å². The maximum absolute atomic E-state index is 12.0. The molecule has 7 heteroatoms. The predicted octanol–water partition coefficient (Wildman–Crippen LogP) is -1.08. The molecule has 0 aromatic heterocycles. The van der Waals surface area contributed by atoms with E-state index in [9.17, 15) is 14.4 Å². The Bertz CT molecular complexity index is 398. The average molecular weight is 254 g/mol. The number of nitrogens with two attached hydrogens (primary N) is 1. The van der Waals surface area contributed by atoms with Crippen LogP contribution < -0.4 is 16.4 Å². The van der Waals surface area contributed by atoms with Gasteiger partial charge in [0.1, 0.15) is 5.54 Å². The lowest BCUT2D eigenvalue weighted by molar-refractivity contribution is -0.137. The van der Waals surface area contributed by atoms with Crippen molar-refractivity contribution in [2.75, 3.05) is 13.1 Å². The van der Waals surface area contributed by atoms with Crippen LogP contribution in [-0.2, 0) is 9.59 Å². The lowest BCUT2D eigenvalue weighted by atomic mass is 9.89. The largest absolute Gasteiger partial charge is 0.338 e. The number of nitrogens with one attached hydrogen (secondary N) is 2. The third kappa shape index (κ3) is 2.05. The number of hydrogen-bond donors (Lipinski definition) is 3. The molecule has 100 valence electrons. The lowest BCUT2D eigenvalue weighted by Gasteiger charge is -2.38. The second-order valence-corrected chi connectivity index (χ2v) is 4.87. The van der Waals surface area contributed by atoms with E-state index < -0.39 is 17.6 Å². The van der Waals surface area contributed by atoms with Crippen LogP contribution in [0.25, 0.3) is 0 Å². The molecule has 2 aliphatic heterocycles. The second-order valence-electron chi connectivity index (χ2n) is 4.87. The van der Waals surface area contributed by atoms with Gasteiger partial charge in [-0.1, -0.05) is 6.92 Å². The van der Waals surface area contributed by atoms with Gasteiger partial charge >= 0.3 is 6.03 Å². The van der Waals surface area contributed by atoms with Gasteiger partial charge in [0.2, 0.25) is 5.91 Å². The van der Waals surface area contributed by atoms with Crippen LogP contribution in [0.3, 0.4) is 0 Å². The first-order valence-electron chi connectivity index (χ1n) is 6.16. The van der Waals surface area contributed by atoms with Crippen LogP contribution >= 0.6 is 0 Å². The van der Waals surface area contributed by atoms with Crippen molar-refractivity contribution in [3.8, 4) is 0 Å². The molecule has 1 spiro atoms. The lowest BCUT2D eigenvalue weighted by Crippen LogP contribution is -2.61. The molecule has 2 heterocycles. The molecular weight excluding hydrogens is 236 g/mol. The van der Waals surface area contributed by atoms with Gasteiger partial charge in [-0.25, -0.2) is 4.79 Å². The van der Waals surface area contributed by atoms with E-state index in [1.54, 1.807) is 4.90 Å². The minimum absolute atomic E-state index is 0.162. The number of nitrogens with zero attached hydrogens (tertiary/aromatic N) is 1. The highest BCUT2D eigenvalue weighted by Gasteiger charge is 2.49. The zero-order chi connectivity index (χ0) is 13.3. The maximum atomic E-state index is 12.0. The summed E-state index contributed by atoms with van der Waals surface area (Å²) in [6.45, 7) is 2.63. The Labute approximate surface area is 105 Å². The highest BCUT2D eigenvalue weighted by atomic mass is 16.2. The van der Waals surface area contributed by atoms with Gasteiger partial charge in [0, 0.05) is 6.54 Å². The van der Waals surface area contributed by atoms with E-state index in [4.69, 9.17) is 5.73 Å². The number of imide groups is 1. The Hall–Kier alpha value is -1.63. The molecule has 2 saturated heterocycles. The van der Waals surface area contributed by atoms with E-state index in [0.29, 0.717) is 25.8 Å². The van der Waals surface area contributed by atoms with Gasteiger partial charge in [-0.3, -0.25) is 14.9 Å². The summed E-state index contributed by atoms with van der Waals surface area (Å²) in [4.78, 5) is 36.6. The molecule has 7 nitrogen and oxygen atoms in total. The second kappa shape index (κ2) is 4.56. The van der Waals surface area contributed by atoms with Crippen LogP contribution in [0.2, 0.25) is 0 Å². The van der Waals surface area contributed by atoms with Crippen molar-refractivity contribution in [2.24, 2.45) is 5.73 Å². The Morgan fingerprint density at radius 1 is 1.56 bits per heavy atom. The smallest absolute Gasteiger partial charge is 0.322 e. The molecular formula is C11H18N4O3. The quantitative estimate of drug-likeness (QED) is 0.545. The monoisotopic (exact) mass is 254 g/mol. The van der Waals surface area contributed by atoms with Gasteiger partial charge in [-0.15, -0.1) is 0 Å². The first-order chi connectivity index (χ1) is 8.48. The average Bonchev–Trinajstić information content (AvgIpc) is 2.62. The van der Waals surface area contributed by atoms with Gasteiger partial charge in [0.25, 0.3) is 5.91 Å². The number of hydrogen-bond acceptors (Lipinski definition) is 4. The number of piperidine rings is 1. The van der Waals surface area contributed by atoms with E-state index in [1.165, 1.54) is 0 Å². The molecule has 2 unspecified atom stereocenters. The van der Waals surface area contributed by atoms with Crippen LogP contribution in [0, 0.1) is 0 Å². The fourth-order valence-electron chi connectivity index (χ4n) is 2.47. The summed E-state index contributed by atoms with van der Waals surface area (Å²) in [5.41, 5.74) is 4.76. The highest BCUT2D eigenvalue weighted by Crippen LogP contribution is 2.24. The standard InChI is InChI=1S/C11H18N4O3/c1-2-7(12)8(16)15-5-3-4-11(6-15)9(17)13-10(18)14-11/h7H,2-6,12H2,1H3,(H2,13,14,17,18). The summed E-state index contributed by atoms with van der Waals surface area (Å²) in [5.74, 6) is -0.513.